The first-order valence-electron chi connectivity index (χ1n) is 9.89. The lowest BCUT2D eigenvalue weighted by Crippen LogP contribution is -2.27. The fourth-order valence-electron chi connectivity index (χ4n) is 3.91. The van der Waals surface area contributed by atoms with E-state index in [4.69, 9.17) is 15.2 Å². The van der Waals surface area contributed by atoms with E-state index in [0.29, 0.717) is 37.9 Å². The van der Waals surface area contributed by atoms with E-state index in [2.05, 4.69) is 22.4 Å². The Labute approximate surface area is 193 Å². The standard InChI is InChI=1S/C22H26N4O3.HI/c1-26-20(27)12-16(21(26)15-6-3-2-4-7-15)14-24-22(23)25-17-8-9-18-19(13-17)29-11-5-10-28-18;/h2-4,6-9,13,16,21H,5,10-12,14H2,1H3,(H3,23,24,25);1H/t16-,21-;/m0./s1. The molecule has 1 fully saturated rings. The minimum atomic E-state index is 0. The number of benzene rings is 2. The molecule has 0 saturated carbocycles. The van der Waals surface area contributed by atoms with Gasteiger partial charge in [0, 0.05) is 44.1 Å². The summed E-state index contributed by atoms with van der Waals surface area (Å²) in [6, 6.07) is 15.7. The molecule has 0 aromatic heterocycles. The van der Waals surface area contributed by atoms with Crippen molar-refractivity contribution in [3.05, 3.63) is 54.1 Å². The summed E-state index contributed by atoms with van der Waals surface area (Å²) in [4.78, 5) is 18.6. The van der Waals surface area contributed by atoms with Gasteiger partial charge in [0.1, 0.15) is 0 Å². The smallest absolute Gasteiger partial charge is 0.223 e. The van der Waals surface area contributed by atoms with Crippen molar-refractivity contribution in [3.63, 3.8) is 0 Å². The van der Waals surface area contributed by atoms with Crippen LogP contribution in [0.25, 0.3) is 0 Å². The van der Waals surface area contributed by atoms with Gasteiger partial charge in [0.2, 0.25) is 5.91 Å². The minimum absolute atomic E-state index is 0. The minimum Gasteiger partial charge on any atom is -0.490 e. The van der Waals surface area contributed by atoms with Gasteiger partial charge in [-0.1, -0.05) is 30.3 Å². The molecule has 1 saturated heterocycles. The van der Waals surface area contributed by atoms with Crippen LogP contribution in [0.15, 0.2) is 53.5 Å². The Kier molecular flexibility index (Phi) is 7.41. The second kappa shape index (κ2) is 10.0. The van der Waals surface area contributed by atoms with E-state index in [1.54, 1.807) is 0 Å². The quantitative estimate of drug-likeness (QED) is 0.365. The van der Waals surface area contributed by atoms with Crippen LogP contribution in [0, 0.1) is 5.92 Å². The van der Waals surface area contributed by atoms with Crippen molar-refractivity contribution >= 4 is 41.5 Å². The lowest BCUT2D eigenvalue weighted by Gasteiger charge is -2.24. The first kappa shape index (κ1) is 22.2. The third-order valence-corrected chi connectivity index (χ3v) is 5.35. The lowest BCUT2D eigenvalue weighted by molar-refractivity contribution is -0.127. The zero-order valence-corrected chi connectivity index (χ0v) is 19.2. The zero-order valence-electron chi connectivity index (χ0n) is 16.9. The molecule has 0 radical (unpaired) electrons. The number of likely N-dealkylation sites (tertiary alicyclic amines) is 1. The molecule has 2 aliphatic heterocycles. The van der Waals surface area contributed by atoms with E-state index in [-0.39, 0.29) is 41.8 Å². The molecule has 2 heterocycles. The number of nitrogens with zero attached hydrogens (tertiary/aromatic N) is 2. The van der Waals surface area contributed by atoms with Crippen molar-refractivity contribution in [2.75, 3.05) is 32.1 Å². The summed E-state index contributed by atoms with van der Waals surface area (Å²) in [6.07, 6.45) is 1.33. The van der Waals surface area contributed by atoms with E-state index in [1.165, 1.54) is 0 Å². The Balaban J connectivity index is 0.00000256. The highest BCUT2D eigenvalue weighted by Crippen LogP contribution is 2.37. The first-order chi connectivity index (χ1) is 14.1. The average molecular weight is 522 g/mol. The van der Waals surface area contributed by atoms with Crippen molar-refractivity contribution in [2.24, 2.45) is 16.6 Å². The number of rotatable bonds is 4. The number of nitrogens with one attached hydrogen (secondary N) is 1. The number of amides is 1. The number of ether oxygens (including phenoxy) is 2. The molecule has 7 nitrogen and oxygen atoms in total. The molecule has 2 aromatic carbocycles. The van der Waals surface area contributed by atoms with Crippen molar-refractivity contribution in [3.8, 4) is 11.5 Å². The van der Waals surface area contributed by atoms with Crippen LogP contribution >= 0.6 is 24.0 Å². The highest BCUT2D eigenvalue weighted by atomic mass is 127. The maximum atomic E-state index is 12.3. The number of hydrogen-bond donors (Lipinski definition) is 2. The van der Waals surface area contributed by atoms with Gasteiger partial charge in [0.15, 0.2) is 17.5 Å². The largest absolute Gasteiger partial charge is 0.490 e. The van der Waals surface area contributed by atoms with E-state index >= 15 is 0 Å². The van der Waals surface area contributed by atoms with Crippen LogP contribution in [-0.4, -0.2) is 43.6 Å². The molecule has 3 N–H and O–H groups in total. The molecule has 0 aliphatic carbocycles. The summed E-state index contributed by atoms with van der Waals surface area (Å²) in [5.74, 6) is 1.97. The number of halogens is 1. The second-order valence-electron chi connectivity index (χ2n) is 7.39. The molecule has 1 amide bonds. The summed E-state index contributed by atoms with van der Waals surface area (Å²) in [6.45, 7) is 1.75. The number of hydrogen-bond acceptors (Lipinski definition) is 4. The van der Waals surface area contributed by atoms with Gasteiger partial charge in [-0.05, 0) is 17.7 Å². The van der Waals surface area contributed by atoms with Gasteiger partial charge in [-0.2, -0.15) is 0 Å². The van der Waals surface area contributed by atoms with Crippen molar-refractivity contribution in [1.29, 1.82) is 0 Å². The van der Waals surface area contributed by atoms with Crippen LogP contribution in [0.5, 0.6) is 11.5 Å². The number of nitrogens with two attached hydrogens (primary N) is 1. The molecule has 2 atom stereocenters. The zero-order chi connectivity index (χ0) is 20.2. The number of anilines is 1. The molecule has 4 rings (SSSR count). The third kappa shape index (κ3) is 4.97. The SMILES string of the molecule is CN1C(=O)C[C@@H](CN=C(N)Nc2ccc3c(c2)OCCCO3)[C@@H]1c1ccccc1.I. The molecule has 30 heavy (non-hydrogen) atoms. The molecule has 0 bridgehead atoms. The Bertz CT molecular complexity index is 907. The van der Waals surface area contributed by atoms with E-state index in [0.717, 1.165) is 23.4 Å². The van der Waals surface area contributed by atoms with Gasteiger partial charge in [-0.15, -0.1) is 24.0 Å². The van der Waals surface area contributed by atoms with E-state index in [9.17, 15) is 4.79 Å². The Hall–Kier alpha value is -2.49. The highest BCUT2D eigenvalue weighted by Gasteiger charge is 2.38. The molecule has 0 spiro atoms. The van der Waals surface area contributed by atoms with Crippen LogP contribution in [-0.2, 0) is 4.79 Å². The van der Waals surface area contributed by atoms with Crippen molar-refractivity contribution < 1.29 is 14.3 Å². The Morgan fingerprint density at radius 2 is 1.90 bits per heavy atom. The first-order valence-corrected chi connectivity index (χ1v) is 9.89. The predicted octanol–water partition coefficient (Wildman–Crippen LogP) is 3.41. The van der Waals surface area contributed by atoms with Gasteiger partial charge < -0.3 is 25.4 Å². The maximum Gasteiger partial charge on any atom is 0.223 e. The van der Waals surface area contributed by atoms with Gasteiger partial charge in [-0.25, -0.2) is 0 Å². The molecule has 2 aliphatic rings. The van der Waals surface area contributed by atoms with Crippen LogP contribution in [0.3, 0.4) is 0 Å². The fourth-order valence-corrected chi connectivity index (χ4v) is 3.91. The summed E-state index contributed by atoms with van der Waals surface area (Å²) in [5.41, 5.74) is 8.02. The highest BCUT2D eigenvalue weighted by molar-refractivity contribution is 14.0. The topological polar surface area (TPSA) is 89.2 Å². The number of guanidine groups is 1. The number of carbonyl (C=O) groups excluding carboxylic acids is 1. The van der Waals surface area contributed by atoms with E-state index in [1.807, 2.05) is 48.3 Å². The van der Waals surface area contributed by atoms with Gasteiger partial charge in [0.05, 0.1) is 19.3 Å². The normalized spacial score (nSPS) is 21.0. The van der Waals surface area contributed by atoms with Crippen molar-refractivity contribution in [1.82, 2.24) is 4.90 Å². The van der Waals surface area contributed by atoms with E-state index < -0.39 is 0 Å². The summed E-state index contributed by atoms with van der Waals surface area (Å²) < 4.78 is 11.4. The fraction of sp³-hybridized carbons (Fsp3) is 0.364. The third-order valence-electron chi connectivity index (χ3n) is 5.35. The Morgan fingerprint density at radius 1 is 1.17 bits per heavy atom. The second-order valence-corrected chi connectivity index (χ2v) is 7.39. The van der Waals surface area contributed by atoms with Crippen LogP contribution in [0.1, 0.15) is 24.4 Å². The monoisotopic (exact) mass is 522 g/mol. The number of fused-ring (bicyclic) bond motifs is 1. The van der Waals surface area contributed by atoms with Crippen LogP contribution < -0.4 is 20.5 Å². The number of aliphatic imine (C=N–C) groups is 1. The van der Waals surface area contributed by atoms with Crippen LogP contribution in [0.2, 0.25) is 0 Å². The predicted molar refractivity (Wildman–Crippen MR) is 128 cm³/mol. The summed E-state index contributed by atoms with van der Waals surface area (Å²) in [5, 5.41) is 3.11. The summed E-state index contributed by atoms with van der Waals surface area (Å²) >= 11 is 0. The average Bonchev–Trinajstić information content (AvgIpc) is 2.88. The molecule has 0 unspecified atom stereocenters. The molecular formula is C22H27IN4O3. The summed E-state index contributed by atoms with van der Waals surface area (Å²) in [7, 11) is 1.85. The molecule has 160 valence electrons. The van der Waals surface area contributed by atoms with Crippen LogP contribution in [0.4, 0.5) is 5.69 Å². The van der Waals surface area contributed by atoms with Gasteiger partial charge in [-0.3, -0.25) is 9.79 Å². The van der Waals surface area contributed by atoms with Crippen molar-refractivity contribution in [2.45, 2.75) is 18.9 Å². The van der Waals surface area contributed by atoms with Gasteiger partial charge in [0.25, 0.3) is 0 Å². The van der Waals surface area contributed by atoms with Gasteiger partial charge >= 0.3 is 0 Å². The maximum absolute atomic E-state index is 12.3. The molecular weight excluding hydrogens is 495 g/mol. The lowest BCUT2D eigenvalue weighted by atomic mass is 9.94. The number of carbonyl (C=O) groups is 1. The molecule has 8 heteroatoms. The Morgan fingerprint density at radius 3 is 2.67 bits per heavy atom. The molecule has 2 aromatic rings.